The molecule has 154 valence electrons. The van der Waals surface area contributed by atoms with Crippen LogP contribution in [0.5, 0.6) is 5.75 Å². The maximum atomic E-state index is 12.7. The van der Waals surface area contributed by atoms with Gasteiger partial charge in [0, 0.05) is 10.4 Å². The number of ether oxygens (including phenoxy) is 1. The summed E-state index contributed by atoms with van der Waals surface area (Å²) in [7, 11) is 0. The van der Waals surface area contributed by atoms with Gasteiger partial charge in [-0.05, 0) is 66.8 Å². The summed E-state index contributed by atoms with van der Waals surface area (Å²) in [5.41, 5.74) is 3.03. The second kappa shape index (κ2) is 10.4. The number of rotatable bonds is 8. The maximum absolute atomic E-state index is 12.7. The number of carbonyl (C=O) groups excluding carboxylic acids is 2. The Labute approximate surface area is 180 Å². The number of carbonyl (C=O) groups is 2. The van der Waals surface area contributed by atoms with Crippen LogP contribution in [0.25, 0.3) is 6.08 Å². The van der Waals surface area contributed by atoms with Gasteiger partial charge in [-0.1, -0.05) is 30.3 Å². The van der Waals surface area contributed by atoms with Gasteiger partial charge in [0.15, 0.2) is 0 Å². The van der Waals surface area contributed by atoms with Gasteiger partial charge in [-0.3, -0.25) is 9.59 Å². The summed E-state index contributed by atoms with van der Waals surface area (Å²) in [5.74, 6) is 0.0652. The molecule has 0 bridgehead atoms. The fraction of sp³-hybridized carbons (Fsp3) is 0.167. The number of amides is 2. The van der Waals surface area contributed by atoms with Crippen LogP contribution in [0, 0.1) is 13.8 Å². The zero-order valence-corrected chi connectivity index (χ0v) is 17.8. The molecule has 3 rings (SSSR count). The predicted molar refractivity (Wildman–Crippen MR) is 121 cm³/mol. The first-order valence-corrected chi connectivity index (χ1v) is 10.5. The summed E-state index contributed by atoms with van der Waals surface area (Å²) in [6.45, 7) is 4.72. The zero-order valence-electron chi connectivity index (χ0n) is 17.0. The van der Waals surface area contributed by atoms with Crippen molar-refractivity contribution in [2.75, 3.05) is 13.2 Å². The Balaban J connectivity index is 1.60. The first-order valence-electron chi connectivity index (χ1n) is 9.63. The third-order valence-corrected chi connectivity index (χ3v) is 5.31. The van der Waals surface area contributed by atoms with Crippen LogP contribution >= 0.6 is 11.3 Å². The second-order valence-corrected chi connectivity index (χ2v) is 7.72. The molecule has 6 heteroatoms. The van der Waals surface area contributed by atoms with Gasteiger partial charge < -0.3 is 15.4 Å². The summed E-state index contributed by atoms with van der Waals surface area (Å²) in [6.07, 6.45) is 1.67. The molecule has 0 saturated carbocycles. The SMILES string of the molecule is Cc1ccc(OCCNC(=O)/C(=C/c2cccs2)NC(=O)c2ccccc2)cc1C. The topological polar surface area (TPSA) is 67.4 Å². The minimum atomic E-state index is -0.364. The molecule has 2 amide bonds. The van der Waals surface area contributed by atoms with Gasteiger partial charge in [0.05, 0.1) is 6.54 Å². The molecule has 1 aromatic heterocycles. The Bertz CT molecular complexity index is 1030. The lowest BCUT2D eigenvalue weighted by molar-refractivity contribution is -0.117. The van der Waals surface area contributed by atoms with Crippen molar-refractivity contribution in [1.82, 2.24) is 10.6 Å². The van der Waals surface area contributed by atoms with Crippen LogP contribution < -0.4 is 15.4 Å². The smallest absolute Gasteiger partial charge is 0.267 e. The van der Waals surface area contributed by atoms with E-state index in [0.29, 0.717) is 18.7 Å². The fourth-order valence-corrected chi connectivity index (χ4v) is 3.35. The van der Waals surface area contributed by atoms with Crippen molar-refractivity contribution in [2.24, 2.45) is 0 Å². The standard InChI is InChI=1S/C24H24N2O3S/c1-17-10-11-20(15-18(17)2)29-13-12-25-24(28)22(16-21-9-6-14-30-21)26-23(27)19-7-4-3-5-8-19/h3-11,14-16H,12-13H2,1-2H3,(H,25,28)(H,26,27)/b22-16-. The molecule has 0 saturated heterocycles. The third kappa shape index (κ3) is 6.06. The molecule has 0 fully saturated rings. The molecule has 1 heterocycles. The van der Waals surface area contributed by atoms with Gasteiger partial charge in [-0.15, -0.1) is 11.3 Å². The van der Waals surface area contributed by atoms with E-state index in [-0.39, 0.29) is 17.5 Å². The molecule has 0 aliphatic rings. The van der Waals surface area contributed by atoms with E-state index in [9.17, 15) is 9.59 Å². The molecular weight excluding hydrogens is 396 g/mol. The van der Waals surface area contributed by atoms with E-state index in [1.807, 2.05) is 55.6 Å². The second-order valence-electron chi connectivity index (χ2n) is 6.74. The number of hydrogen-bond acceptors (Lipinski definition) is 4. The van der Waals surface area contributed by atoms with Crippen molar-refractivity contribution in [3.63, 3.8) is 0 Å². The average Bonchev–Trinajstić information content (AvgIpc) is 3.27. The Morgan fingerprint density at radius 2 is 1.80 bits per heavy atom. The highest BCUT2D eigenvalue weighted by Gasteiger charge is 2.14. The maximum Gasteiger partial charge on any atom is 0.267 e. The highest BCUT2D eigenvalue weighted by Crippen LogP contribution is 2.16. The van der Waals surface area contributed by atoms with E-state index in [4.69, 9.17) is 4.74 Å². The van der Waals surface area contributed by atoms with Gasteiger partial charge in [-0.25, -0.2) is 0 Å². The summed E-state index contributed by atoms with van der Waals surface area (Å²) in [6, 6.07) is 18.5. The number of thiophene rings is 1. The van der Waals surface area contributed by atoms with Crippen LogP contribution in [-0.4, -0.2) is 25.0 Å². The molecule has 3 aromatic rings. The number of benzene rings is 2. The lowest BCUT2D eigenvalue weighted by atomic mass is 10.1. The Morgan fingerprint density at radius 3 is 2.50 bits per heavy atom. The minimum Gasteiger partial charge on any atom is -0.492 e. The summed E-state index contributed by atoms with van der Waals surface area (Å²) >= 11 is 1.49. The van der Waals surface area contributed by atoms with E-state index in [2.05, 4.69) is 10.6 Å². The van der Waals surface area contributed by atoms with E-state index < -0.39 is 0 Å². The minimum absolute atomic E-state index is 0.192. The van der Waals surface area contributed by atoms with Crippen molar-refractivity contribution >= 4 is 29.2 Å². The van der Waals surface area contributed by atoms with Crippen LogP contribution in [0.3, 0.4) is 0 Å². The number of hydrogen-bond donors (Lipinski definition) is 2. The quantitative estimate of drug-likeness (QED) is 0.421. The predicted octanol–water partition coefficient (Wildman–Crippen LogP) is 4.33. The number of aryl methyl sites for hydroxylation is 2. The van der Waals surface area contributed by atoms with Gasteiger partial charge in [0.1, 0.15) is 18.1 Å². The van der Waals surface area contributed by atoms with E-state index in [1.165, 1.54) is 16.9 Å². The monoisotopic (exact) mass is 420 g/mol. The largest absolute Gasteiger partial charge is 0.492 e. The van der Waals surface area contributed by atoms with Gasteiger partial charge >= 0.3 is 0 Å². The number of nitrogens with one attached hydrogen (secondary N) is 2. The molecule has 0 radical (unpaired) electrons. The molecule has 30 heavy (non-hydrogen) atoms. The Hall–Kier alpha value is -3.38. The first kappa shape index (κ1) is 21.3. The van der Waals surface area contributed by atoms with Crippen LogP contribution in [0.2, 0.25) is 0 Å². The van der Waals surface area contributed by atoms with Gasteiger partial charge in [-0.2, -0.15) is 0 Å². The normalized spacial score (nSPS) is 11.1. The van der Waals surface area contributed by atoms with Crippen molar-refractivity contribution in [2.45, 2.75) is 13.8 Å². The third-order valence-electron chi connectivity index (χ3n) is 4.49. The first-order chi connectivity index (χ1) is 14.5. The van der Waals surface area contributed by atoms with E-state index in [1.54, 1.807) is 30.3 Å². The van der Waals surface area contributed by atoms with E-state index in [0.717, 1.165) is 16.2 Å². The molecule has 2 N–H and O–H groups in total. The fourth-order valence-electron chi connectivity index (χ4n) is 2.69. The van der Waals surface area contributed by atoms with Gasteiger partial charge in [0.2, 0.25) is 0 Å². The average molecular weight is 421 g/mol. The summed E-state index contributed by atoms with van der Waals surface area (Å²) in [5, 5.41) is 7.44. The lowest BCUT2D eigenvalue weighted by Gasteiger charge is -2.12. The van der Waals surface area contributed by atoms with Crippen LogP contribution in [0.1, 0.15) is 26.4 Å². The molecule has 0 unspecified atom stereocenters. The summed E-state index contributed by atoms with van der Waals surface area (Å²) < 4.78 is 5.71. The van der Waals surface area contributed by atoms with Crippen molar-refractivity contribution in [1.29, 1.82) is 0 Å². The molecular formula is C24H24N2O3S. The van der Waals surface area contributed by atoms with Crippen LogP contribution in [0.4, 0.5) is 0 Å². The van der Waals surface area contributed by atoms with Crippen LogP contribution in [0.15, 0.2) is 71.7 Å². The Kier molecular flexibility index (Phi) is 7.40. The molecule has 0 aliphatic carbocycles. The van der Waals surface area contributed by atoms with Crippen molar-refractivity contribution < 1.29 is 14.3 Å². The highest BCUT2D eigenvalue weighted by atomic mass is 32.1. The zero-order chi connectivity index (χ0) is 21.3. The lowest BCUT2D eigenvalue weighted by Crippen LogP contribution is -2.36. The van der Waals surface area contributed by atoms with Crippen molar-refractivity contribution in [3.8, 4) is 5.75 Å². The van der Waals surface area contributed by atoms with Crippen LogP contribution in [-0.2, 0) is 4.79 Å². The summed E-state index contributed by atoms with van der Waals surface area (Å²) in [4.78, 5) is 26.1. The molecule has 5 nitrogen and oxygen atoms in total. The molecule has 2 aromatic carbocycles. The Morgan fingerprint density at radius 1 is 1.00 bits per heavy atom. The molecule has 0 spiro atoms. The van der Waals surface area contributed by atoms with E-state index >= 15 is 0 Å². The van der Waals surface area contributed by atoms with Gasteiger partial charge in [0.25, 0.3) is 11.8 Å². The highest BCUT2D eigenvalue weighted by molar-refractivity contribution is 7.10. The molecule has 0 aliphatic heterocycles. The molecule has 0 atom stereocenters. The van der Waals surface area contributed by atoms with Crippen molar-refractivity contribution in [3.05, 3.63) is 93.3 Å².